The standard InChI is InChI=1S/C30H25N3O3S/c34-29(33-32-24-14-9-15-25(18-24)35-19-22-10-3-1-4-11-22)27-21-37-30(31-27)26-16-7-8-17-28(26)36-20-23-12-5-2-6-13-23/h1-18,21,32H,19-20H2,(H,33,34). The van der Waals surface area contributed by atoms with Gasteiger partial charge in [-0.1, -0.05) is 78.9 Å². The number of nitrogens with zero attached hydrogens (tertiary/aromatic N) is 1. The Labute approximate surface area is 219 Å². The summed E-state index contributed by atoms with van der Waals surface area (Å²) in [7, 11) is 0. The van der Waals surface area contributed by atoms with Crippen LogP contribution < -0.4 is 20.3 Å². The van der Waals surface area contributed by atoms with Crippen LogP contribution in [-0.2, 0) is 13.2 Å². The van der Waals surface area contributed by atoms with Crippen LogP contribution in [0, 0.1) is 0 Å². The monoisotopic (exact) mass is 507 g/mol. The van der Waals surface area contributed by atoms with Crippen LogP contribution in [-0.4, -0.2) is 10.9 Å². The van der Waals surface area contributed by atoms with Crippen molar-refractivity contribution in [3.05, 3.63) is 131 Å². The smallest absolute Gasteiger partial charge is 0.289 e. The van der Waals surface area contributed by atoms with Crippen molar-refractivity contribution in [2.45, 2.75) is 13.2 Å². The molecule has 1 heterocycles. The Kier molecular flexibility index (Phi) is 7.73. The predicted octanol–water partition coefficient (Wildman–Crippen LogP) is 6.73. The molecule has 0 saturated heterocycles. The molecule has 5 rings (SSSR count). The van der Waals surface area contributed by atoms with Gasteiger partial charge in [0, 0.05) is 11.4 Å². The van der Waals surface area contributed by atoms with E-state index < -0.39 is 0 Å². The molecule has 0 radical (unpaired) electrons. The van der Waals surface area contributed by atoms with Crippen LogP contribution in [0.4, 0.5) is 5.69 Å². The average Bonchev–Trinajstić information content (AvgIpc) is 3.46. The molecule has 7 heteroatoms. The minimum absolute atomic E-state index is 0.321. The average molecular weight is 508 g/mol. The zero-order chi connectivity index (χ0) is 25.3. The largest absolute Gasteiger partial charge is 0.489 e. The molecule has 0 aliphatic heterocycles. The van der Waals surface area contributed by atoms with E-state index in [1.165, 1.54) is 11.3 Å². The Morgan fingerprint density at radius 3 is 2.19 bits per heavy atom. The van der Waals surface area contributed by atoms with Gasteiger partial charge in [-0.3, -0.25) is 15.6 Å². The SMILES string of the molecule is O=C(NNc1cccc(OCc2ccccc2)c1)c1csc(-c2ccccc2OCc2ccccc2)n1. The van der Waals surface area contributed by atoms with Crippen molar-refractivity contribution in [1.82, 2.24) is 10.4 Å². The highest BCUT2D eigenvalue weighted by atomic mass is 32.1. The van der Waals surface area contributed by atoms with Crippen LogP contribution in [0.15, 0.2) is 115 Å². The van der Waals surface area contributed by atoms with Gasteiger partial charge in [0.05, 0.1) is 11.3 Å². The maximum atomic E-state index is 12.8. The van der Waals surface area contributed by atoms with Gasteiger partial charge in [-0.25, -0.2) is 4.98 Å². The lowest BCUT2D eigenvalue weighted by Crippen LogP contribution is -2.29. The molecule has 0 unspecified atom stereocenters. The lowest BCUT2D eigenvalue weighted by molar-refractivity contribution is 0.0958. The Balaban J connectivity index is 1.19. The molecule has 0 aliphatic rings. The van der Waals surface area contributed by atoms with Crippen molar-refractivity contribution >= 4 is 22.9 Å². The lowest BCUT2D eigenvalue weighted by atomic mass is 10.2. The van der Waals surface area contributed by atoms with Gasteiger partial charge in [-0.15, -0.1) is 11.3 Å². The van der Waals surface area contributed by atoms with E-state index in [4.69, 9.17) is 9.47 Å². The summed E-state index contributed by atoms with van der Waals surface area (Å²) >= 11 is 1.40. The summed E-state index contributed by atoms with van der Waals surface area (Å²) in [6.07, 6.45) is 0. The van der Waals surface area contributed by atoms with Crippen molar-refractivity contribution < 1.29 is 14.3 Å². The van der Waals surface area contributed by atoms with E-state index in [2.05, 4.69) is 15.8 Å². The van der Waals surface area contributed by atoms with Gasteiger partial charge < -0.3 is 9.47 Å². The second kappa shape index (κ2) is 11.9. The van der Waals surface area contributed by atoms with Gasteiger partial charge in [0.1, 0.15) is 35.4 Å². The number of para-hydroxylation sites is 1. The number of carbonyl (C=O) groups excluding carboxylic acids is 1. The number of aromatic nitrogens is 1. The fraction of sp³-hybridized carbons (Fsp3) is 0.0667. The molecular weight excluding hydrogens is 482 g/mol. The number of nitrogens with one attached hydrogen (secondary N) is 2. The molecule has 0 fully saturated rings. The van der Waals surface area contributed by atoms with Gasteiger partial charge in [0.15, 0.2) is 0 Å². The first kappa shape index (κ1) is 24.1. The lowest BCUT2D eigenvalue weighted by Gasteiger charge is -2.11. The van der Waals surface area contributed by atoms with Gasteiger partial charge in [-0.05, 0) is 35.4 Å². The number of hydrazine groups is 1. The minimum atomic E-state index is -0.333. The first-order valence-corrected chi connectivity index (χ1v) is 12.7. The number of benzene rings is 4. The molecule has 2 N–H and O–H groups in total. The van der Waals surface area contributed by atoms with Crippen molar-refractivity contribution in [1.29, 1.82) is 0 Å². The second-order valence-electron chi connectivity index (χ2n) is 8.19. The van der Waals surface area contributed by atoms with E-state index in [1.54, 1.807) is 5.38 Å². The van der Waals surface area contributed by atoms with Crippen LogP contribution in [0.2, 0.25) is 0 Å². The highest BCUT2D eigenvalue weighted by Gasteiger charge is 2.15. The van der Waals surface area contributed by atoms with Gasteiger partial charge in [0.25, 0.3) is 5.91 Å². The van der Waals surface area contributed by atoms with E-state index in [0.29, 0.717) is 35.4 Å². The molecular formula is C30H25N3O3S. The normalized spacial score (nSPS) is 10.5. The maximum Gasteiger partial charge on any atom is 0.289 e. The van der Waals surface area contributed by atoms with E-state index in [1.807, 2.05) is 109 Å². The molecule has 184 valence electrons. The van der Waals surface area contributed by atoms with Crippen molar-refractivity contribution in [2.24, 2.45) is 0 Å². The molecule has 37 heavy (non-hydrogen) atoms. The number of anilines is 1. The van der Waals surface area contributed by atoms with Crippen molar-refractivity contribution in [3.8, 4) is 22.1 Å². The third kappa shape index (κ3) is 6.54. The molecule has 0 atom stereocenters. The molecule has 0 spiro atoms. The maximum absolute atomic E-state index is 12.8. The zero-order valence-electron chi connectivity index (χ0n) is 20.0. The highest BCUT2D eigenvalue weighted by Crippen LogP contribution is 2.32. The minimum Gasteiger partial charge on any atom is -0.489 e. The fourth-order valence-electron chi connectivity index (χ4n) is 3.60. The molecule has 1 aromatic heterocycles. The molecule has 5 aromatic rings. The fourth-order valence-corrected chi connectivity index (χ4v) is 4.43. The Hall–Kier alpha value is -4.62. The molecule has 1 amide bonds. The summed E-state index contributed by atoms with van der Waals surface area (Å²) < 4.78 is 11.9. The summed E-state index contributed by atoms with van der Waals surface area (Å²) in [5.74, 6) is 1.09. The molecule has 0 aliphatic carbocycles. The third-order valence-corrected chi connectivity index (χ3v) is 6.37. The first-order valence-electron chi connectivity index (χ1n) is 11.8. The Bertz CT molecular complexity index is 1460. The van der Waals surface area contributed by atoms with Crippen LogP contribution in [0.25, 0.3) is 10.6 Å². The Morgan fingerprint density at radius 2 is 1.43 bits per heavy atom. The first-order chi connectivity index (χ1) is 18.2. The van der Waals surface area contributed by atoms with Crippen LogP contribution in [0.3, 0.4) is 0 Å². The number of carbonyl (C=O) groups is 1. The zero-order valence-corrected chi connectivity index (χ0v) is 20.8. The summed E-state index contributed by atoms with van der Waals surface area (Å²) in [5.41, 5.74) is 9.69. The van der Waals surface area contributed by atoms with Gasteiger partial charge in [-0.2, -0.15) is 0 Å². The summed E-state index contributed by atoms with van der Waals surface area (Å²) in [5, 5.41) is 2.45. The van der Waals surface area contributed by atoms with E-state index in [0.717, 1.165) is 22.4 Å². The molecule has 0 saturated carbocycles. The molecule has 6 nitrogen and oxygen atoms in total. The summed E-state index contributed by atoms with van der Waals surface area (Å²) in [6, 6.07) is 35.1. The topological polar surface area (TPSA) is 72.5 Å². The van der Waals surface area contributed by atoms with Crippen molar-refractivity contribution in [3.63, 3.8) is 0 Å². The molecule has 4 aromatic carbocycles. The molecule has 0 bridgehead atoms. The van der Waals surface area contributed by atoms with E-state index >= 15 is 0 Å². The van der Waals surface area contributed by atoms with Crippen LogP contribution >= 0.6 is 11.3 Å². The summed E-state index contributed by atoms with van der Waals surface area (Å²) in [6.45, 7) is 0.920. The van der Waals surface area contributed by atoms with E-state index in [9.17, 15) is 4.79 Å². The number of hydrogen-bond acceptors (Lipinski definition) is 6. The van der Waals surface area contributed by atoms with Crippen molar-refractivity contribution in [2.75, 3.05) is 5.43 Å². The van der Waals surface area contributed by atoms with Crippen LogP contribution in [0.1, 0.15) is 21.6 Å². The summed E-state index contributed by atoms with van der Waals surface area (Å²) in [4.78, 5) is 17.3. The number of thiazole rings is 1. The Morgan fingerprint density at radius 1 is 0.757 bits per heavy atom. The van der Waals surface area contributed by atoms with E-state index in [-0.39, 0.29) is 5.91 Å². The quantitative estimate of drug-likeness (QED) is 0.205. The third-order valence-electron chi connectivity index (χ3n) is 5.49. The van der Waals surface area contributed by atoms with Crippen LogP contribution in [0.5, 0.6) is 11.5 Å². The number of rotatable bonds is 10. The van der Waals surface area contributed by atoms with Gasteiger partial charge >= 0.3 is 0 Å². The highest BCUT2D eigenvalue weighted by molar-refractivity contribution is 7.13. The second-order valence-corrected chi connectivity index (χ2v) is 9.05. The number of amides is 1. The van der Waals surface area contributed by atoms with Gasteiger partial charge in [0.2, 0.25) is 0 Å². The number of ether oxygens (including phenoxy) is 2. The predicted molar refractivity (Wildman–Crippen MR) is 147 cm³/mol. The number of hydrogen-bond donors (Lipinski definition) is 2.